The highest BCUT2D eigenvalue weighted by Gasteiger charge is 2.59. The molecule has 62 heavy (non-hydrogen) atoms. The maximum Gasteiger partial charge on any atom is 0.325 e. The zero-order valence-corrected chi connectivity index (χ0v) is 39.0. The van der Waals surface area contributed by atoms with Crippen molar-refractivity contribution in [3.63, 3.8) is 0 Å². The first kappa shape index (κ1) is 48.0. The average molecular weight is 865 g/mol. The summed E-state index contributed by atoms with van der Waals surface area (Å²) in [7, 11) is 0. The molecule has 13 heteroatoms. The Balaban J connectivity index is 1.01. The Morgan fingerprint density at radius 1 is 0.855 bits per heavy atom. The van der Waals surface area contributed by atoms with Gasteiger partial charge in [0.1, 0.15) is 30.8 Å². The van der Waals surface area contributed by atoms with Gasteiger partial charge in [-0.05, 0) is 142 Å². The van der Waals surface area contributed by atoms with Crippen LogP contribution in [0.25, 0.3) is 0 Å². The first-order chi connectivity index (χ1) is 29.4. The van der Waals surface area contributed by atoms with Crippen molar-refractivity contribution in [3.8, 4) is 0 Å². The summed E-state index contributed by atoms with van der Waals surface area (Å²) < 4.78 is 6.03. The minimum Gasteiger partial charge on any atom is -0.461 e. The number of hydrogen-bond donors (Lipinski definition) is 5. The van der Waals surface area contributed by atoms with Crippen molar-refractivity contribution in [1.82, 2.24) is 26.2 Å². The van der Waals surface area contributed by atoms with Crippen molar-refractivity contribution in [1.29, 1.82) is 0 Å². The van der Waals surface area contributed by atoms with Crippen LogP contribution in [0.15, 0.2) is 11.6 Å². The fourth-order valence-electron chi connectivity index (χ4n) is 13.2. The Hall–Kier alpha value is -3.48. The van der Waals surface area contributed by atoms with Crippen molar-refractivity contribution in [2.45, 2.75) is 188 Å². The average Bonchev–Trinajstić information content (AvgIpc) is 4.01. The first-order valence-electron chi connectivity index (χ1n) is 24.5. The van der Waals surface area contributed by atoms with Gasteiger partial charge in [0.25, 0.3) is 0 Å². The summed E-state index contributed by atoms with van der Waals surface area (Å²) >= 11 is 0. The summed E-state index contributed by atoms with van der Waals surface area (Å²) in [6.07, 6.45) is 16.7. The number of carbonyl (C=O) groups excluding carboxylic acids is 6. The highest BCUT2D eigenvalue weighted by Crippen LogP contribution is 2.67. The molecule has 0 bridgehead atoms. The van der Waals surface area contributed by atoms with Crippen LogP contribution < -0.4 is 27.0 Å². The van der Waals surface area contributed by atoms with Gasteiger partial charge < -0.3 is 36.6 Å². The highest BCUT2D eigenvalue weighted by molar-refractivity contribution is 5.95. The zero-order valence-electron chi connectivity index (χ0n) is 39.0. The molecule has 3 saturated carbocycles. The minimum atomic E-state index is -1.07. The van der Waals surface area contributed by atoms with Gasteiger partial charge in [-0.2, -0.15) is 0 Å². The zero-order chi connectivity index (χ0) is 44.9. The fraction of sp³-hybridized carbons (Fsp3) is 0.837. The van der Waals surface area contributed by atoms with E-state index < -0.39 is 53.8 Å². The Bertz CT molecular complexity index is 1680. The van der Waals surface area contributed by atoms with Crippen molar-refractivity contribution in [2.24, 2.45) is 58.0 Å². The lowest BCUT2D eigenvalue weighted by Crippen LogP contribution is -2.58. The van der Waals surface area contributed by atoms with E-state index in [0.29, 0.717) is 50.1 Å². The summed E-state index contributed by atoms with van der Waals surface area (Å²) in [5.41, 5.74) is 7.41. The number of ether oxygens (including phenoxy) is 1. The Labute approximate surface area is 371 Å². The molecule has 0 aromatic rings. The molecule has 2 saturated heterocycles. The predicted octanol–water partition coefficient (Wildman–Crippen LogP) is 5.69. The smallest absolute Gasteiger partial charge is 0.325 e. The number of carbonyl (C=O) groups is 6. The summed E-state index contributed by atoms with van der Waals surface area (Å²) in [6, 6.07) is -3.26. The SMILES string of the molecule is CC(C)CC[C@@H](C)[C@H]1CC[C@H]2[C@@H]3CC=C4C[C@H](OC(=O)CNC(=O)[C@@H]5CCCN5C(=O)[C@H](CC(C)C)NC(=O)[C@H](CCC(N)=O)NC(=O)[C@@H]5CCCN5)CC[C@]4(C)[C@H]3CC[C@]12C. The molecule has 2 heterocycles. The summed E-state index contributed by atoms with van der Waals surface area (Å²) in [6.45, 7) is 16.9. The number of nitrogens with zero attached hydrogens (tertiary/aromatic N) is 1. The molecule has 6 aliphatic rings. The lowest BCUT2D eigenvalue weighted by Gasteiger charge is -2.58. The third kappa shape index (κ3) is 10.9. The van der Waals surface area contributed by atoms with Gasteiger partial charge in [-0.15, -0.1) is 0 Å². The van der Waals surface area contributed by atoms with Crippen LogP contribution in [0.4, 0.5) is 0 Å². The second-order valence-corrected chi connectivity index (χ2v) is 21.6. The van der Waals surface area contributed by atoms with Crippen LogP contribution in [-0.2, 0) is 33.5 Å². The second kappa shape index (κ2) is 20.6. The van der Waals surface area contributed by atoms with E-state index in [-0.39, 0.29) is 42.7 Å². The van der Waals surface area contributed by atoms with Gasteiger partial charge in [0, 0.05) is 19.4 Å². The number of nitrogens with two attached hydrogens (primary N) is 1. The summed E-state index contributed by atoms with van der Waals surface area (Å²) in [4.78, 5) is 80.7. The lowest BCUT2D eigenvalue weighted by atomic mass is 9.47. The molecule has 348 valence electrons. The minimum absolute atomic E-state index is 0.00950. The lowest BCUT2D eigenvalue weighted by molar-refractivity contribution is -0.152. The normalized spacial score (nSPS) is 33.1. The molecule has 0 radical (unpaired) electrons. The molecule has 5 fully saturated rings. The number of rotatable bonds is 18. The van der Waals surface area contributed by atoms with E-state index in [1.807, 2.05) is 13.8 Å². The molecular weight excluding hydrogens is 785 g/mol. The number of primary amides is 1. The Morgan fingerprint density at radius 2 is 1.63 bits per heavy atom. The molecule has 0 unspecified atom stereocenters. The predicted molar refractivity (Wildman–Crippen MR) is 239 cm³/mol. The number of hydrogen-bond acceptors (Lipinski definition) is 8. The molecule has 12 atom stereocenters. The van der Waals surface area contributed by atoms with Crippen LogP contribution in [0, 0.1) is 52.3 Å². The molecule has 0 aromatic heterocycles. The van der Waals surface area contributed by atoms with Gasteiger partial charge in [-0.3, -0.25) is 28.8 Å². The van der Waals surface area contributed by atoms with Crippen LogP contribution in [-0.4, -0.2) is 90.3 Å². The van der Waals surface area contributed by atoms with Crippen molar-refractivity contribution < 1.29 is 33.5 Å². The molecule has 6 rings (SSSR count). The molecular formula is C49H80N6O7. The van der Waals surface area contributed by atoms with E-state index in [0.717, 1.165) is 61.7 Å². The van der Waals surface area contributed by atoms with Crippen molar-refractivity contribution in [3.05, 3.63) is 11.6 Å². The molecule has 13 nitrogen and oxygen atoms in total. The molecule has 4 aliphatic carbocycles. The Morgan fingerprint density at radius 3 is 2.32 bits per heavy atom. The van der Waals surface area contributed by atoms with E-state index in [2.05, 4.69) is 62.0 Å². The topological polar surface area (TPSA) is 189 Å². The van der Waals surface area contributed by atoms with Crippen LogP contribution in [0.1, 0.15) is 158 Å². The van der Waals surface area contributed by atoms with E-state index in [1.165, 1.54) is 49.0 Å². The van der Waals surface area contributed by atoms with Gasteiger partial charge in [-0.25, -0.2) is 0 Å². The first-order valence-corrected chi connectivity index (χ1v) is 24.5. The van der Waals surface area contributed by atoms with E-state index in [1.54, 1.807) is 0 Å². The maximum atomic E-state index is 14.1. The van der Waals surface area contributed by atoms with Crippen LogP contribution in [0.2, 0.25) is 0 Å². The molecule has 2 aliphatic heterocycles. The monoisotopic (exact) mass is 865 g/mol. The molecule has 5 amide bonds. The van der Waals surface area contributed by atoms with Gasteiger partial charge in [0.05, 0.1) is 6.04 Å². The third-order valence-electron chi connectivity index (χ3n) is 16.6. The van der Waals surface area contributed by atoms with Gasteiger partial charge in [-0.1, -0.05) is 73.0 Å². The number of allylic oxidation sites excluding steroid dienone is 1. The van der Waals surface area contributed by atoms with E-state index in [9.17, 15) is 28.8 Å². The third-order valence-corrected chi connectivity index (χ3v) is 16.6. The Kier molecular flexibility index (Phi) is 15.9. The van der Waals surface area contributed by atoms with Gasteiger partial charge in [0.15, 0.2) is 0 Å². The number of likely N-dealkylation sites (tertiary alicyclic amines) is 1. The summed E-state index contributed by atoms with van der Waals surface area (Å²) in [5, 5.41) is 11.5. The summed E-state index contributed by atoms with van der Waals surface area (Å²) in [5.74, 6) is 1.75. The van der Waals surface area contributed by atoms with Crippen molar-refractivity contribution >= 4 is 35.5 Å². The van der Waals surface area contributed by atoms with Crippen LogP contribution >= 0.6 is 0 Å². The maximum absolute atomic E-state index is 14.1. The van der Waals surface area contributed by atoms with E-state index >= 15 is 0 Å². The van der Waals surface area contributed by atoms with Crippen LogP contribution in [0.3, 0.4) is 0 Å². The standard InChI is InChI=1S/C49H80N6O7/c1-29(2)12-13-31(5)35-16-17-36-34-15-14-32-27-33(20-22-48(32,6)37(34)21-23-49(35,36)7)62-43(57)28-52-46(60)41-11-9-25-55(41)47(61)40(26-30(3)4)54-45(59)39(18-19-42(50)56)53-44(58)38-10-8-24-51-38/h14,29-31,33-41,51H,8-13,15-28H2,1-7H3,(H2,50,56)(H,52,60)(H,53,58)(H,54,59)/t31-,33-,34+,35-,36+,37+,38+,39+,40+,41+,48+,49-/m1/s1. The highest BCUT2D eigenvalue weighted by atomic mass is 16.5. The van der Waals surface area contributed by atoms with Crippen molar-refractivity contribution in [2.75, 3.05) is 19.6 Å². The fourth-order valence-corrected chi connectivity index (χ4v) is 13.2. The second-order valence-electron chi connectivity index (χ2n) is 21.6. The number of amides is 5. The molecule has 0 spiro atoms. The number of esters is 1. The quantitative estimate of drug-likeness (QED) is 0.0859. The number of nitrogens with one attached hydrogen (secondary N) is 4. The number of fused-ring (bicyclic) bond motifs is 5. The van der Waals surface area contributed by atoms with E-state index in [4.69, 9.17) is 10.5 Å². The molecule has 0 aromatic carbocycles. The van der Waals surface area contributed by atoms with Crippen LogP contribution in [0.5, 0.6) is 0 Å². The van der Waals surface area contributed by atoms with Gasteiger partial charge in [0.2, 0.25) is 29.5 Å². The van der Waals surface area contributed by atoms with Gasteiger partial charge >= 0.3 is 5.97 Å². The molecule has 6 N–H and O–H groups in total. The largest absolute Gasteiger partial charge is 0.461 e.